The number of hydrogen-bond acceptors (Lipinski definition) is 10. The van der Waals surface area contributed by atoms with E-state index in [0.29, 0.717) is 52.0 Å². The quantitative estimate of drug-likeness (QED) is 0.144. The number of carbonyl (C=O) groups is 1. The van der Waals surface area contributed by atoms with Gasteiger partial charge in [-0.15, -0.1) is 0 Å². The molecule has 0 radical (unpaired) electrons. The molecule has 3 N–H and O–H groups in total. The molecular weight excluding hydrogens is 623 g/mol. The van der Waals surface area contributed by atoms with Gasteiger partial charge < -0.3 is 25.4 Å². The molecule has 1 amide bonds. The molecule has 13 heteroatoms. The van der Waals surface area contributed by atoms with Crippen LogP contribution in [0.15, 0.2) is 73.1 Å². The summed E-state index contributed by atoms with van der Waals surface area (Å²) in [6, 6.07) is 17.2. The number of fused-ring (bicyclic) bond motifs is 1. The zero-order valence-corrected chi connectivity index (χ0v) is 26.6. The van der Waals surface area contributed by atoms with E-state index in [0.717, 1.165) is 50.6 Å². The number of amides is 1. The number of nitrogens with zero attached hydrogens (tertiary/aromatic N) is 5. The third-order valence-electron chi connectivity index (χ3n) is 7.72. The van der Waals surface area contributed by atoms with Crippen LogP contribution in [0.4, 0.5) is 21.7 Å². The number of ether oxygens (including phenoxy) is 2. The highest BCUT2D eigenvalue weighted by Gasteiger charge is 2.18. The Morgan fingerprint density at radius 1 is 1.04 bits per heavy atom. The Labute approximate surface area is 276 Å². The first-order chi connectivity index (χ1) is 23.0. The minimum Gasteiger partial charge on any atom is -0.497 e. The fourth-order valence-corrected chi connectivity index (χ4v) is 5.34. The first-order valence-electron chi connectivity index (χ1n) is 15.3. The highest BCUT2D eigenvalue weighted by Crippen LogP contribution is 2.31. The number of methoxy groups -OCH3 is 1. The van der Waals surface area contributed by atoms with E-state index in [1.54, 1.807) is 19.4 Å². The van der Waals surface area contributed by atoms with Crippen LogP contribution >= 0.6 is 11.6 Å². The number of morpholine rings is 1. The number of nitrogens with one attached hydrogen (secondary N) is 3. The Morgan fingerprint density at radius 2 is 1.87 bits per heavy atom. The van der Waals surface area contributed by atoms with Crippen molar-refractivity contribution in [3.8, 4) is 17.1 Å². The number of pyridine rings is 2. The first-order valence-corrected chi connectivity index (χ1v) is 15.6. The summed E-state index contributed by atoms with van der Waals surface area (Å²) in [5, 5.41) is 10.5. The molecule has 0 unspecified atom stereocenters. The van der Waals surface area contributed by atoms with Gasteiger partial charge in [0.25, 0.3) is 5.91 Å². The van der Waals surface area contributed by atoms with Crippen molar-refractivity contribution in [3.63, 3.8) is 0 Å². The van der Waals surface area contributed by atoms with Gasteiger partial charge in [-0.3, -0.25) is 14.7 Å². The van der Waals surface area contributed by atoms with Crippen LogP contribution in [0.3, 0.4) is 0 Å². The Kier molecular flexibility index (Phi) is 10.3. The average Bonchev–Trinajstić information content (AvgIpc) is 3.11. The summed E-state index contributed by atoms with van der Waals surface area (Å²) >= 11 is 6.22. The van der Waals surface area contributed by atoms with Gasteiger partial charge in [0.2, 0.25) is 0 Å². The standard InChI is InChI=1S/C34H34ClFN8O3/c1-46-24-6-3-22(4-7-24)20-39-30-10-8-25-31(42-33(43-32(25)41-30)26-19-23(35)5-9-28(26)36)40-29-11-13-37-21-27(29)34(45)38-12-2-14-44-15-17-47-18-16-44/h3-11,13,19,21H,2,12,14-18,20H2,1H3,(H,38,45)(H2,37,39,40,41,42,43). The van der Waals surface area contributed by atoms with Crippen molar-refractivity contribution in [2.45, 2.75) is 13.0 Å². The predicted octanol–water partition coefficient (Wildman–Crippen LogP) is 5.70. The fraction of sp³-hybridized carbons (Fsp3) is 0.265. The number of halogens is 2. The lowest BCUT2D eigenvalue weighted by Crippen LogP contribution is -2.38. The fourth-order valence-electron chi connectivity index (χ4n) is 5.17. The maximum absolute atomic E-state index is 15.0. The van der Waals surface area contributed by atoms with Crippen LogP contribution in [-0.2, 0) is 11.3 Å². The molecule has 1 saturated heterocycles. The lowest BCUT2D eigenvalue weighted by molar-refractivity contribution is 0.0374. The van der Waals surface area contributed by atoms with Crippen molar-refractivity contribution < 1.29 is 18.7 Å². The van der Waals surface area contributed by atoms with Crippen LogP contribution < -0.4 is 20.7 Å². The predicted molar refractivity (Wildman–Crippen MR) is 180 cm³/mol. The maximum Gasteiger partial charge on any atom is 0.254 e. The molecular formula is C34H34ClFN8O3. The third-order valence-corrected chi connectivity index (χ3v) is 7.96. The van der Waals surface area contributed by atoms with Crippen molar-refractivity contribution in [1.82, 2.24) is 30.2 Å². The molecule has 5 aromatic rings. The molecule has 4 heterocycles. The molecule has 1 aliphatic rings. The van der Waals surface area contributed by atoms with E-state index in [2.05, 4.69) is 35.8 Å². The van der Waals surface area contributed by atoms with Gasteiger partial charge in [0, 0.05) is 43.6 Å². The molecule has 0 bridgehead atoms. The van der Waals surface area contributed by atoms with Gasteiger partial charge in [0.15, 0.2) is 11.5 Å². The Balaban J connectivity index is 1.26. The van der Waals surface area contributed by atoms with Crippen LogP contribution in [0.2, 0.25) is 5.02 Å². The zero-order valence-electron chi connectivity index (χ0n) is 25.8. The topological polar surface area (TPSA) is 126 Å². The van der Waals surface area contributed by atoms with Gasteiger partial charge in [-0.1, -0.05) is 23.7 Å². The molecule has 0 atom stereocenters. The zero-order chi connectivity index (χ0) is 32.6. The average molecular weight is 657 g/mol. The van der Waals surface area contributed by atoms with Gasteiger partial charge in [0.05, 0.1) is 42.5 Å². The van der Waals surface area contributed by atoms with E-state index >= 15 is 4.39 Å². The van der Waals surface area contributed by atoms with Crippen LogP contribution in [-0.4, -0.2) is 77.2 Å². The molecule has 6 rings (SSSR count). The van der Waals surface area contributed by atoms with Crippen LogP contribution in [0.1, 0.15) is 22.3 Å². The summed E-state index contributed by atoms with van der Waals surface area (Å²) in [5.41, 5.74) is 2.29. The highest BCUT2D eigenvalue weighted by atomic mass is 35.5. The molecule has 0 saturated carbocycles. The SMILES string of the molecule is COc1ccc(CNc2ccc3c(Nc4ccncc4C(=O)NCCCN4CCOCC4)nc(-c4cc(Cl)ccc4F)nc3n2)cc1. The van der Waals surface area contributed by atoms with E-state index in [1.807, 2.05) is 36.4 Å². The normalized spacial score (nSPS) is 13.3. The van der Waals surface area contributed by atoms with Crippen LogP contribution in [0.25, 0.3) is 22.4 Å². The Bertz CT molecular complexity index is 1850. The maximum atomic E-state index is 15.0. The van der Waals surface area contributed by atoms with Crippen molar-refractivity contribution in [1.29, 1.82) is 0 Å². The smallest absolute Gasteiger partial charge is 0.254 e. The molecule has 242 valence electrons. The van der Waals surface area contributed by atoms with Gasteiger partial charge >= 0.3 is 0 Å². The minimum atomic E-state index is -0.533. The molecule has 0 spiro atoms. The number of aromatic nitrogens is 4. The lowest BCUT2D eigenvalue weighted by atomic mass is 10.1. The summed E-state index contributed by atoms with van der Waals surface area (Å²) in [7, 11) is 1.62. The van der Waals surface area contributed by atoms with Crippen molar-refractivity contribution in [2.24, 2.45) is 0 Å². The van der Waals surface area contributed by atoms with E-state index in [1.165, 1.54) is 24.4 Å². The summed E-state index contributed by atoms with van der Waals surface area (Å²) < 4.78 is 25.7. The van der Waals surface area contributed by atoms with Crippen LogP contribution in [0.5, 0.6) is 5.75 Å². The van der Waals surface area contributed by atoms with Gasteiger partial charge in [-0.25, -0.2) is 19.3 Å². The summed E-state index contributed by atoms with van der Waals surface area (Å²) in [4.78, 5) is 33.8. The van der Waals surface area contributed by atoms with Gasteiger partial charge in [-0.2, -0.15) is 0 Å². The second-order valence-electron chi connectivity index (χ2n) is 10.9. The molecule has 47 heavy (non-hydrogen) atoms. The van der Waals surface area contributed by atoms with Crippen molar-refractivity contribution in [3.05, 3.63) is 95.0 Å². The van der Waals surface area contributed by atoms with Crippen molar-refractivity contribution >= 4 is 45.9 Å². The second-order valence-corrected chi connectivity index (χ2v) is 11.3. The molecule has 1 aliphatic heterocycles. The molecule has 0 aliphatic carbocycles. The minimum absolute atomic E-state index is 0.0861. The van der Waals surface area contributed by atoms with Gasteiger partial charge in [-0.05, 0) is 67.1 Å². The number of carbonyl (C=O) groups excluding carboxylic acids is 1. The molecule has 3 aromatic heterocycles. The Morgan fingerprint density at radius 3 is 2.68 bits per heavy atom. The number of rotatable bonds is 12. The number of anilines is 3. The van der Waals surface area contributed by atoms with Gasteiger partial charge in [0.1, 0.15) is 23.2 Å². The van der Waals surface area contributed by atoms with E-state index in [-0.39, 0.29) is 17.3 Å². The number of hydrogen-bond donors (Lipinski definition) is 3. The summed E-state index contributed by atoms with van der Waals surface area (Å²) in [6.45, 7) is 5.16. The molecule has 11 nitrogen and oxygen atoms in total. The Hall–Kier alpha value is -4.91. The highest BCUT2D eigenvalue weighted by molar-refractivity contribution is 6.30. The number of benzene rings is 2. The molecule has 2 aromatic carbocycles. The largest absolute Gasteiger partial charge is 0.497 e. The van der Waals surface area contributed by atoms with Crippen molar-refractivity contribution in [2.75, 3.05) is 57.1 Å². The van der Waals surface area contributed by atoms with E-state index < -0.39 is 5.82 Å². The van der Waals surface area contributed by atoms with E-state index in [9.17, 15) is 4.79 Å². The monoisotopic (exact) mass is 656 g/mol. The first kappa shape index (κ1) is 32.0. The summed E-state index contributed by atoms with van der Waals surface area (Å²) in [6.07, 6.45) is 3.89. The third kappa shape index (κ3) is 8.09. The van der Waals surface area contributed by atoms with E-state index in [4.69, 9.17) is 26.1 Å². The van der Waals surface area contributed by atoms with Crippen LogP contribution in [0, 0.1) is 5.82 Å². The second kappa shape index (κ2) is 15.1. The molecule has 1 fully saturated rings. The lowest BCUT2D eigenvalue weighted by Gasteiger charge is -2.26. The summed E-state index contributed by atoms with van der Waals surface area (Å²) in [5.74, 6) is 0.957.